The van der Waals surface area contributed by atoms with Gasteiger partial charge in [0.05, 0.1) is 6.16 Å². The van der Waals surface area contributed by atoms with Gasteiger partial charge in [0.1, 0.15) is 0 Å². The Labute approximate surface area is 35.7 Å². The molecule has 1 unspecified atom stereocenters. The molecule has 0 nitrogen and oxygen atoms in total. The lowest BCUT2D eigenvalue weighted by Gasteiger charge is -1.73. The van der Waals surface area contributed by atoms with Crippen LogP contribution in [0.5, 0.6) is 0 Å². The van der Waals surface area contributed by atoms with Gasteiger partial charge in [-0.05, 0) is 15.0 Å². The van der Waals surface area contributed by atoms with Crippen molar-refractivity contribution in [2.45, 2.75) is 13.3 Å². The van der Waals surface area contributed by atoms with Crippen LogP contribution in [-0.4, -0.2) is 12.8 Å². The lowest BCUT2D eigenvalue weighted by Crippen LogP contribution is -1.61. The van der Waals surface area contributed by atoms with Crippen LogP contribution in [0.4, 0.5) is 0 Å². The minimum atomic E-state index is 0.786. The van der Waals surface area contributed by atoms with Gasteiger partial charge < -0.3 is 0 Å². The Balaban J connectivity index is 2.19. The molecule has 0 aliphatic heterocycles. The molecule has 0 radical (unpaired) electrons. The summed E-state index contributed by atoms with van der Waals surface area (Å²) in [4.78, 5) is 0. The van der Waals surface area contributed by atoms with Crippen molar-refractivity contribution >= 4 is 8.58 Å². The van der Waals surface area contributed by atoms with Crippen molar-refractivity contribution in [3.8, 4) is 0 Å². The molecule has 0 aromatic carbocycles. The molecule has 0 fully saturated rings. The fourth-order valence-electron chi connectivity index (χ4n) is 0.289. The normalized spacial score (nSPS) is 10.8. The molecule has 0 amide bonds. The summed E-state index contributed by atoms with van der Waals surface area (Å²) in [7, 11) is 0.786. The Morgan fingerprint density at radius 1 is 1.60 bits per heavy atom. The van der Waals surface area contributed by atoms with Crippen LogP contribution in [-0.2, 0) is 0 Å². The SMILES string of the molecule is CCC[PH2+]C. The molecule has 0 aromatic heterocycles. The molecular formula is C4H12P+. The number of rotatable bonds is 2. The Morgan fingerprint density at radius 2 is 2.20 bits per heavy atom. The van der Waals surface area contributed by atoms with Crippen LogP contribution in [0.3, 0.4) is 0 Å². The summed E-state index contributed by atoms with van der Waals surface area (Å²) in [5.74, 6) is 0. The minimum Gasteiger partial charge on any atom is -0.0619 e. The Morgan fingerprint density at radius 3 is 2.20 bits per heavy atom. The second-order valence-corrected chi connectivity index (χ2v) is 2.59. The summed E-state index contributed by atoms with van der Waals surface area (Å²) in [6.45, 7) is 4.53. The van der Waals surface area contributed by atoms with Gasteiger partial charge in [-0.2, -0.15) is 0 Å². The standard InChI is InChI=1S/C4H11P/c1-3-4-5-2/h5H,3-4H2,1-2H3/p+1. The van der Waals surface area contributed by atoms with E-state index in [0.717, 1.165) is 8.58 Å². The lowest BCUT2D eigenvalue weighted by molar-refractivity contribution is 1.10. The first-order chi connectivity index (χ1) is 2.41. The third-order valence-electron chi connectivity index (χ3n) is 0.577. The maximum atomic E-state index is 2.30. The van der Waals surface area contributed by atoms with Gasteiger partial charge in [-0.3, -0.25) is 0 Å². The average molecular weight is 91.1 g/mol. The van der Waals surface area contributed by atoms with E-state index in [4.69, 9.17) is 0 Å². The quantitative estimate of drug-likeness (QED) is 0.451. The first kappa shape index (κ1) is 5.43. The fraction of sp³-hybridized carbons (Fsp3) is 1.00. The largest absolute Gasteiger partial charge is 0.0619 e. The second-order valence-electron chi connectivity index (χ2n) is 1.20. The smallest absolute Gasteiger partial charge is 0.0544 e. The molecule has 0 bridgehead atoms. The van der Waals surface area contributed by atoms with Gasteiger partial charge in [0.2, 0.25) is 0 Å². The summed E-state index contributed by atoms with van der Waals surface area (Å²) < 4.78 is 0. The molecule has 0 saturated carbocycles. The molecule has 0 rings (SSSR count). The summed E-state index contributed by atoms with van der Waals surface area (Å²) in [6.07, 6.45) is 2.85. The first-order valence-corrected chi connectivity index (χ1v) is 4.16. The number of hydrogen-bond acceptors (Lipinski definition) is 0. The zero-order valence-electron chi connectivity index (χ0n) is 3.99. The third-order valence-corrected chi connectivity index (χ3v) is 1.73. The highest BCUT2D eigenvalue weighted by Crippen LogP contribution is 2.01. The maximum absolute atomic E-state index is 2.30. The number of hydrogen-bond donors (Lipinski definition) is 0. The van der Waals surface area contributed by atoms with Gasteiger partial charge in [-0.15, -0.1) is 0 Å². The molecule has 0 aliphatic rings. The molecular weight excluding hydrogens is 79.0 g/mol. The minimum absolute atomic E-state index is 0.786. The topological polar surface area (TPSA) is 0 Å². The van der Waals surface area contributed by atoms with Crippen molar-refractivity contribution in [2.75, 3.05) is 12.8 Å². The van der Waals surface area contributed by atoms with E-state index in [1.807, 2.05) is 0 Å². The highest BCUT2D eigenvalue weighted by atomic mass is 31.1. The molecule has 32 valence electrons. The van der Waals surface area contributed by atoms with Crippen LogP contribution in [0.15, 0.2) is 0 Å². The predicted molar refractivity (Wildman–Crippen MR) is 30.8 cm³/mol. The Hall–Kier alpha value is 0.430. The van der Waals surface area contributed by atoms with Crippen LogP contribution >= 0.6 is 8.58 Å². The van der Waals surface area contributed by atoms with Crippen LogP contribution in [0, 0.1) is 0 Å². The third kappa shape index (κ3) is 4.43. The molecule has 0 aromatic rings. The highest BCUT2D eigenvalue weighted by Gasteiger charge is 1.74. The van der Waals surface area contributed by atoms with Crippen LogP contribution < -0.4 is 0 Å². The Kier molecular flexibility index (Phi) is 4.81. The van der Waals surface area contributed by atoms with E-state index < -0.39 is 0 Å². The van der Waals surface area contributed by atoms with E-state index in [1.165, 1.54) is 12.6 Å². The monoisotopic (exact) mass is 91.1 g/mol. The van der Waals surface area contributed by atoms with Crippen LogP contribution in [0.2, 0.25) is 0 Å². The van der Waals surface area contributed by atoms with Gasteiger partial charge in [-0.25, -0.2) is 0 Å². The predicted octanol–water partition coefficient (Wildman–Crippen LogP) is 1.44. The molecule has 0 spiro atoms. The van der Waals surface area contributed by atoms with Crippen LogP contribution in [0.1, 0.15) is 13.3 Å². The summed E-state index contributed by atoms with van der Waals surface area (Å²) >= 11 is 0. The van der Waals surface area contributed by atoms with Gasteiger partial charge in [0.15, 0.2) is 0 Å². The van der Waals surface area contributed by atoms with E-state index in [9.17, 15) is 0 Å². The van der Waals surface area contributed by atoms with Crippen molar-refractivity contribution < 1.29 is 0 Å². The summed E-state index contributed by atoms with van der Waals surface area (Å²) in [5.41, 5.74) is 0. The molecule has 0 N–H and O–H groups in total. The van der Waals surface area contributed by atoms with Crippen molar-refractivity contribution in [1.29, 1.82) is 0 Å². The summed E-state index contributed by atoms with van der Waals surface area (Å²) in [6, 6.07) is 0. The fourth-order valence-corrected chi connectivity index (χ4v) is 0.866. The Bertz CT molecular complexity index is 11.1. The molecule has 1 heteroatoms. The van der Waals surface area contributed by atoms with E-state index in [1.54, 1.807) is 0 Å². The maximum Gasteiger partial charge on any atom is 0.0544 e. The van der Waals surface area contributed by atoms with Crippen molar-refractivity contribution in [3.05, 3.63) is 0 Å². The second kappa shape index (κ2) is 4.43. The first-order valence-electron chi connectivity index (χ1n) is 2.19. The van der Waals surface area contributed by atoms with Crippen LogP contribution in [0.25, 0.3) is 0 Å². The molecule has 1 atom stereocenters. The molecule has 0 saturated heterocycles. The van der Waals surface area contributed by atoms with E-state index in [0.29, 0.717) is 0 Å². The summed E-state index contributed by atoms with van der Waals surface area (Å²) in [5, 5.41) is 0. The average Bonchev–Trinajstić information content (AvgIpc) is 1.41. The lowest BCUT2D eigenvalue weighted by atomic mass is 10.6. The zero-order chi connectivity index (χ0) is 4.12. The molecule has 5 heavy (non-hydrogen) atoms. The van der Waals surface area contributed by atoms with E-state index >= 15 is 0 Å². The van der Waals surface area contributed by atoms with Crippen molar-refractivity contribution in [3.63, 3.8) is 0 Å². The van der Waals surface area contributed by atoms with E-state index in [-0.39, 0.29) is 0 Å². The van der Waals surface area contributed by atoms with Gasteiger partial charge in [-0.1, -0.05) is 6.92 Å². The van der Waals surface area contributed by atoms with Gasteiger partial charge >= 0.3 is 0 Å². The molecule has 0 aliphatic carbocycles. The van der Waals surface area contributed by atoms with Gasteiger partial charge in [0, 0.05) is 6.66 Å². The highest BCUT2D eigenvalue weighted by molar-refractivity contribution is 7.36. The zero-order valence-corrected chi connectivity index (χ0v) is 5.15. The van der Waals surface area contributed by atoms with E-state index in [2.05, 4.69) is 13.6 Å². The van der Waals surface area contributed by atoms with Crippen molar-refractivity contribution in [2.24, 2.45) is 0 Å². The van der Waals surface area contributed by atoms with Gasteiger partial charge in [0.25, 0.3) is 0 Å². The van der Waals surface area contributed by atoms with Crippen molar-refractivity contribution in [1.82, 2.24) is 0 Å². The molecule has 0 heterocycles.